The van der Waals surface area contributed by atoms with Crippen molar-refractivity contribution in [3.63, 3.8) is 0 Å². The lowest BCUT2D eigenvalue weighted by Gasteiger charge is -2.10. The molecule has 2 rings (SSSR count). The molecule has 7 nitrogen and oxygen atoms in total. The highest BCUT2D eigenvalue weighted by Gasteiger charge is 2.15. The molecule has 8 heteroatoms. The molecule has 1 atom stereocenters. The number of nitrogens with zero attached hydrogens (tertiary/aromatic N) is 2. The second-order valence-electron chi connectivity index (χ2n) is 4.77. The van der Waals surface area contributed by atoms with Gasteiger partial charge in [-0.2, -0.15) is 5.10 Å². The van der Waals surface area contributed by atoms with Gasteiger partial charge in [0, 0.05) is 11.8 Å². The molecule has 0 aliphatic rings. The summed E-state index contributed by atoms with van der Waals surface area (Å²) in [6, 6.07) is 5.41. The van der Waals surface area contributed by atoms with Gasteiger partial charge in [0.25, 0.3) is 5.91 Å². The average Bonchev–Trinajstić information content (AvgIpc) is 2.84. The first-order chi connectivity index (χ1) is 9.77. The lowest BCUT2D eigenvalue weighted by molar-refractivity contribution is 0.0938. The van der Waals surface area contributed by atoms with E-state index in [9.17, 15) is 13.2 Å². The van der Waals surface area contributed by atoms with Crippen LogP contribution in [0.15, 0.2) is 29.2 Å². The zero-order chi connectivity index (χ0) is 15.6. The van der Waals surface area contributed by atoms with E-state index in [0.29, 0.717) is 17.2 Å². The second-order valence-corrected chi connectivity index (χ2v) is 6.79. The van der Waals surface area contributed by atoms with Crippen molar-refractivity contribution in [3.05, 3.63) is 41.5 Å². The lowest BCUT2D eigenvalue weighted by Crippen LogP contribution is -2.27. The van der Waals surface area contributed by atoms with Gasteiger partial charge in [0.1, 0.15) is 5.82 Å². The Labute approximate surface area is 122 Å². The number of rotatable bonds is 4. The quantitative estimate of drug-likeness (QED) is 0.877. The van der Waals surface area contributed by atoms with Crippen LogP contribution in [-0.4, -0.2) is 35.8 Å². The van der Waals surface area contributed by atoms with Gasteiger partial charge in [-0.3, -0.25) is 9.89 Å². The molecule has 0 aliphatic heterocycles. The first-order valence-corrected chi connectivity index (χ1v) is 8.16. The molecule has 0 saturated heterocycles. The number of amides is 1. The number of aromatic nitrogens is 3. The predicted molar refractivity (Wildman–Crippen MR) is 76.6 cm³/mol. The van der Waals surface area contributed by atoms with Crippen molar-refractivity contribution in [2.24, 2.45) is 0 Å². The van der Waals surface area contributed by atoms with Gasteiger partial charge in [0.15, 0.2) is 15.7 Å². The highest BCUT2D eigenvalue weighted by atomic mass is 32.2. The summed E-state index contributed by atoms with van der Waals surface area (Å²) in [6.07, 6.45) is 1.12. The van der Waals surface area contributed by atoms with Crippen molar-refractivity contribution in [1.29, 1.82) is 0 Å². The van der Waals surface area contributed by atoms with Crippen LogP contribution in [0.25, 0.3) is 0 Å². The number of benzene rings is 1. The number of aromatic amines is 1. The molecule has 1 aromatic carbocycles. The molecule has 1 amide bonds. The van der Waals surface area contributed by atoms with Crippen molar-refractivity contribution in [2.45, 2.75) is 24.8 Å². The van der Waals surface area contributed by atoms with Crippen LogP contribution in [0.5, 0.6) is 0 Å². The monoisotopic (exact) mass is 308 g/mol. The number of nitrogens with one attached hydrogen (secondary N) is 2. The summed E-state index contributed by atoms with van der Waals surface area (Å²) in [7, 11) is -3.26. The number of hydrogen-bond donors (Lipinski definition) is 2. The van der Waals surface area contributed by atoms with Gasteiger partial charge in [0.2, 0.25) is 0 Å². The Balaban J connectivity index is 2.10. The van der Waals surface area contributed by atoms with Gasteiger partial charge in [-0.25, -0.2) is 13.4 Å². The van der Waals surface area contributed by atoms with E-state index in [1.54, 1.807) is 13.8 Å². The molecule has 0 spiro atoms. The van der Waals surface area contributed by atoms with Crippen LogP contribution < -0.4 is 5.32 Å². The van der Waals surface area contributed by atoms with E-state index in [1.807, 2.05) is 0 Å². The molecule has 0 aliphatic carbocycles. The minimum atomic E-state index is -3.26. The molecule has 0 fully saturated rings. The van der Waals surface area contributed by atoms with Gasteiger partial charge in [-0.15, -0.1) is 0 Å². The summed E-state index contributed by atoms with van der Waals surface area (Å²) in [5, 5.41) is 9.44. The Morgan fingerprint density at radius 2 is 1.90 bits per heavy atom. The molecule has 21 heavy (non-hydrogen) atoms. The van der Waals surface area contributed by atoms with Crippen LogP contribution in [0.1, 0.15) is 35.0 Å². The summed E-state index contributed by atoms with van der Waals surface area (Å²) < 4.78 is 22.7. The van der Waals surface area contributed by atoms with Crippen molar-refractivity contribution >= 4 is 15.7 Å². The van der Waals surface area contributed by atoms with E-state index in [-0.39, 0.29) is 16.8 Å². The minimum absolute atomic E-state index is 0.177. The van der Waals surface area contributed by atoms with Gasteiger partial charge < -0.3 is 5.32 Å². The standard InChI is InChI=1S/C13H16N4O3S/c1-8(12-15-9(2)16-17-12)14-13(18)10-4-6-11(7-5-10)21(3,19)20/h4-8H,1-3H3,(H,14,18)(H,15,16,17)/t8-/m1/s1. The van der Waals surface area contributed by atoms with E-state index in [0.717, 1.165) is 6.26 Å². The molecule has 1 heterocycles. The van der Waals surface area contributed by atoms with Gasteiger partial charge in [0.05, 0.1) is 10.9 Å². The molecular formula is C13H16N4O3S. The number of aryl methyl sites for hydroxylation is 1. The number of sulfone groups is 1. The fourth-order valence-corrected chi connectivity index (χ4v) is 2.38. The maximum atomic E-state index is 12.1. The van der Waals surface area contributed by atoms with Gasteiger partial charge >= 0.3 is 0 Å². The Bertz CT molecular complexity index is 750. The van der Waals surface area contributed by atoms with E-state index < -0.39 is 9.84 Å². The molecule has 1 aromatic heterocycles. The molecule has 112 valence electrons. The molecule has 2 N–H and O–H groups in total. The summed E-state index contributed by atoms with van der Waals surface area (Å²) >= 11 is 0. The Morgan fingerprint density at radius 1 is 1.29 bits per heavy atom. The van der Waals surface area contributed by atoms with Gasteiger partial charge in [-0.05, 0) is 38.1 Å². The van der Waals surface area contributed by atoms with E-state index >= 15 is 0 Å². The fourth-order valence-electron chi connectivity index (χ4n) is 1.75. The van der Waals surface area contributed by atoms with E-state index in [2.05, 4.69) is 20.5 Å². The number of H-pyrrole nitrogens is 1. The maximum absolute atomic E-state index is 12.1. The zero-order valence-corrected chi connectivity index (χ0v) is 12.7. The van der Waals surface area contributed by atoms with E-state index in [1.165, 1.54) is 24.3 Å². The first-order valence-electron chi connectivity index (χ1n) is 6.27. The van der Waals surface area contributed by atoms with Crippen molar-refractivity contribution in [2.75, 3.05) is 6.26 Å². The normalized spacial score (nSPS) is 12.9. The van der Waals surface area contributed by atoms with Crippen molar-refractivity contribution < 1.29 is 13.2 Å². The van der Waals surface area contributed by atoms with Crippen LogP contribution >= 0.6 is 0 Å². The largest absolute Gasteiger partial charge is 0.342 e. The number of carbonyl (C=O) groups excluding carboxylic acids is 1. The molecule has 0 bridgehead atoms. The number of hydrogen-bond acceptors (Lipinski definition) is 5. The molecular weight excluding hydrogens is 292 g/mol. The summed E-state index contributed by atoms with van der Waals surface area (Å²) in [5.41, 5.74) is 0.376. The Morgan fingerprint density at radius 3 is 2.38 bits per heavy atom. The van der Waals surface area contributed by atoms with Crippen LogP contribution in [0, 0.1) is 6.92 Å². The third-order valence-corrected chi connectivity index (χ3v) is 4.02. The van der Waals surface area contributed by atoms with Crippen LogP contribution in [-0.2, 0) is 9.84 Å². The molecule has 0 radical (unpaired) electrons. The summed E-state index contributed by atoms with van der Waals surface area (Å²) in [5.74, 6) is 0.849. The Kier molecular flexibility index (Phi) is 4.08. The smallest absolute Gasteiger partial charge is 0.251 e. The topological polar surface area (TPSA) is 105 Å². The second kappa shape index (κ2) is 5.65. The minimum Gasteiger partial charge on any atom is -0.342 e. The first kappa shape index (κ1) is 15.2. The predicted octanol–water partition coefficient (Wildman–Crippen LogP) is 1.01. The lowest BCUT2D eigenvalue weighted by atomic mass is 10.2. The SMILES string of the molecule is Cc1nc([C@@H](C)NC(=O)c2ccc(S(C)(=O)=O)cc2)n[nH]1. The van der Waals surface area contributed by atoms with Crippen LogP contribution in [0.3, 0.4) is 0 Å². The number of carbonyl (C=O) groups is 1. The highest BCUT2D eigenvalue weighted by Crippen LogP contribution is 2.12. The summed E-state index contributed by atoms with van der Waals surface area (Å²) in [4.78, 5) is 16.4. The third kappa shape index (κ3) is 3.66. The summed E-state index contributed by atoms with van der Waals surface area (Å²) in [6.45, 7) is 3.54. The van der Waals surface area contributed by atoms with Crippen molar-refractivity contribution in [3.8, 4) is 0 Å². The van der Waals surface area contributed by atoms with E-state index in [4.69, 9.17) is 0 Å². The third-order valence-electron chi connectivity index (χ3n) is 2.89. The van der Waals surface area contributed by atoms with Crippen LogP contribution in [0.4, 0.5) is 0 Å². The highest BCUT2D eigenvalue weighted by molar-refractivity contribution is 7.90. The Hall–Kier alpha value is -2.22. The zero-order valence-electron chi connectivity index (χ0n) is 11.9. The van der Waals surface area contributed by atoms with Crippen LogP contribution in [0.2, 0.25) is 0 Å². The van der Waals surface area contributed by atoms with Crippen molar-refractivity contribution in [1.82, 2.24) is 20.5 Å². The average molecular weight is 308 g/mol. The van der Waals surface area contributed by atoms with Gasteiger partial charge in [-0.1, -0.05) is 0 Å². The fraction of sp³-hybridized carbons (Fsp3) is 0.308. The molecule has 0 saturated carbocycles. The molecule has 2 aromatic rings. The maximum Gasteiger partial charge on any atom is 0.251 e. The molecule has 0 unspecified atom stereocenters.